The first-order valence-corrected chi connectivity index (χ1v) is 13.1. The molecule has 0 N–H and O–H groups in total. The number of esters is 1. The number of rotatable bonds is 8. The van der Waals surface area contributed by atoms with Crippen molar-refractivity contribution in [3.8, 4) is 11.1 Å². The first kappa shape index (κ1) is 24.5. The summed E-state index contributed by atoms with van der Waals surface area (Å²) in [6.45, 7) is 5.21. The molecule has 4 heteroatoms. The van der Waals surface area contributed by atoms with Crippen LogP contribution in [0, 0.1) is 23.2 Å². The van der Waals surface area contributed by atoms with Gasteiger partial charge in [-0.25, -0.2) is 0 Å². The second-order valence-corrected chi connectivity index (χ2v) is 10.3. The van der Waals surface area contributed by atoms with E-state index in [9.17, 15) is 4.79 Å². The van der Waals surface area contributed by atoms with Crippen LogP contribution in [-0.4, -0.2) is 23.7 Å². The predicted molar refractivity (Wildman–Crippen MR) is 143 cm³/mol. The quantitative estimate of drug-likeness (QED) is 0.326. The highest BCUT2D eigenvalue weighted by Gasteiger charge is 2.61. The molecular formula is C32H35NO3. The van der Waals surface area contributed by atoms with Crippen LogP contribution >= 0.6 is 0 Å². The van der Waals surface area contributed by atoms with Crippen molar-refractivity contribution in [1.82, 2.24) is 4.98 Å². The largest absolute Gasteiger partial charge is 0.462 e. The molecule has 1 aliphatic carbocycles. The lowest BCUT2D eigenvalue weighted by Crippen LogP contribution is -2.48. The first-order chi connectivity index (χ1) is 17.6. The van der Waals surface area contributed by atoms with Crippen molar-refractivity contribution in [2.45, 2.75) is 45.8 Å². The monoisotopic (exact) mass is 481 g/mol. The highest BCUT2D eigenvalue weighted by molar-refractivity contribution is 5.80. The fraction of sp³-hybridized carbons (Fsp3) is 0.375. The maximum Gasteiger partial charge on any atom is 0.315 e. The molecule has 186 valence electrons. The van der Waals surface area contributed by atoms with E-state index in [2.05, 4.69) is 55.5 Å². The second-order valence-electron chi connectivity index (χ2n) is 10.3. The van der Waals surface area contributed by atoms with E-state index in [-0.39, 0.29) is 23.9 Å². The maximum absolute atomic E-state index is 13.2. The summed E-state index contributed by atoms with van der Waals surface area (Å²) in [6.07, 6.45) is 9.11. The number of pyridine rings is 1. The highest BCUT2D eigenvalue weighted by Crippen LogP contribution is 2.55. The van der Waals surface area contributed by atoms with E-state index in [0.29, 0.717) is 19.1 Å². The van der Waals surface area contributed by atoms with Gasteiger partial charge in [0.2, 0.25) is 0 Å². The molecule has 2 aliphatic rings. The van der Waals surface area contributed by atoms with Crippen LogP contribution in [0.15, 0.2) is 85.1 Å². The van der Waals surface area contributed by atoms with Crippen LogP contribution in [0.2, 0.25) is 0 Å². The molecule has 1 aliphatic heterocycles. The van der Waals surface area contributed by atoms with Gasteiger partial charge >= 0.3 is 5.97 Å². The summed E-state index contributed by atoms with van der Waals surface area (Å²) in [5, 5.41) is 0. The fourth-order valence-electron chi connectivity index (χ4n) is 6.24. The molecule has 1 saturated heterocycles. The third kappa shape index (κ3) is 4.87. The molecule has 2 heterocycles. The molecule has 4 nitrogen and oxygen atoms in total. The number of benzene rings is 2. The van der Waals surface area contributed by atoms with Crippen molar-refractivity contribution in [1.29, 1.82) is 0 Å². The molecule has 0 amide bonds. The normalized spacial score (nSPS) is 27.7. The number of hydrogen-bond acceptors (Lipinski definition) is 4. The Balaban J connectivity index is 1.35. The van der Waals surface area contributed by atoms with Crippen LogP contribution < -0.4 is 0 Å². The third-order valence-corrected chi connectivity index (χ3v) is 8.14. The molecule has 1 aromatic heterocycles. The molecule has 5 atom stereocenters. The molecule has 2 aromatic carbocycles. The molecule has 36 heavy (non-hydrogen) atoms. The lowest BCUT2D eigenvalue weighted by molar-refractivity contribution is -0.153. The van der Waals surface area contributed by atoms with E-state index in [1.165, 1.54) is 0 Å². The topological polar surface area (TPSA) is 48.4 Å². The Morgan fingerprint density at radius 1 is 1.03 bits per heavy atom. The average Bonchev–Trinajstić information content (AvgIpc) is 3.18. The van der Waals surface area contributed by atoms with Gasteiger partial charge in [0.05, 0.1) is 24.3 Å². The van der Waals surface area contributed by atoms with E-state index in [4.69, 9.17) is 14.5 Å². The lowest BCUT2D eigenvalue weighted by Gasteiger charge is -2.44. The molecule has 0 spiro atoms. The van der Waals surface area contributed by atoms with Crippen LogP contribution in [0.3, 0.4) is 0 Å². The Morgan fingerprint density at radius 3 is 2.47 bits per heavy atom. The van der Waals surface area contributed by atoms with Gasteiger partial charge in [0.15, 0.2) is 0 Å². The Kier molecular flexibility index (Phi) is 7.33. The van der Waals surface area contributed by atoms with Crippen LogP contribution in [0.1, 0.15) is 44.4 Å². The number of carbonyl (C=O) groups is 1. The molecule has 0 bridgehead atoms. The van der Waals surface area contributed by atoms with Gasteiger partial charge in [-0.15, -0.1) is 0 Å². The van der Waals surface area contributed by atoms with Crippen LogP contribution in [0.25, 0.3) is 17.2 Å². The van der Waals surface area contributed by atoms with Gasteiger partial charge in [0, 0.05) is 17.7 Å². The average molecular weight is 482 g/mol. The number of fused-ring (bicyclic) bond motifs is 1. The zero-order chi connectivity index (χ0) is 25.0. The minimum absolute atomic E-state index is 0.0913. The van der Waals surface area contributed by atoms with Crippen molar-refractivity contribution in [2.24, 2.45) is 23.2 Å². The van der Waals surface area contributed by atoms with E-state index >= 15 is 0 Å². The molecule has 2 fully saturated rings. The number of cyclic esters (lactones) is 1. The van der Waals surface area contributed by atoms with Gasteiger partial charge in [0.1, 0.15) is 6.10 Å². The van der Waals surface area contributed by atoms with Crippen molar-refractivity contribution < 1.29 is 14.3 Å². The van der Waals surface area contributed by atoms with E-state index < -0.39 is 5.41 Å². The van der Waals surface area contributed by atoms with E-state index in [1.807, 2.05) is 49.5 Å². The highest BCUT2D eigenvalue weighted by atomic mass is 16.6. The minimum Gasteiger partial charge on any atom is -0.462 e. The molecule has 5 rings (SSSR count). The van der Waals surface area contributed by atoms with Gasteiger partial charge in [-0.3, -0.25) is 9.78 Å². The zero-order valence-corrected chi connectivity index (χ0v) is 21.2. The van der Waals surface area contributed by atoms with Crippen LogP contribution in [0.4, 0.5) is 0 Å². The molecule has 3 aromatic rings. The van der Waals surface area contributed by atoms with Crippen LogP contribution in [0.5, 0.6) is 0 Å². The fourth-order valence-corrected chi connectivity index (χ4v) is 6.24. The van der Waals surface area contributed by atoms with Gasteiger partial charge in [-0.2, -0.15) is 0 Å². The van der Waals surface area contributed by atoms with Crippen molar-refractivity contribution in [2.75, 3.05) is 6.61 Å². The number of ether oxygens (including phenoxy) is 2. The van der Waals surface area contributed by atoms with E-state index in [0.717, 1.165) is 41.6 Å². The summed E-state index contributed by atoms with van der Waals surface area (Å²) in [6, 6.07) is 24.6. The summed E-state index contributed by atoms with van der Waals surface area (Å²) in [5.74, 6) is 0.751. The summed E-state index contributed by atoms with van der Waals surface area (Å²) in [5.41, 5.74) is 3.73. The maximum atomic E-state index is 13.2. The van der Waals surface area contributed by atoms with Gasteiger partial charge < -0.3 is 9.47 Å². The molecule has 1 saturated carbocycles. The number of allylic oxidation sites excluding steroid dienone is 1. The van der Waals surface area contributed by atoms with Crippen molar-refractivity contribution >= 4 is 12.0 Å². The smallest absolute Gasteiger partial charge is 0.315 e. The summed E-state index contributed by atoms with van der Waals surface area (Å²) in [4.78, 5) is 17.9. The summed E-state index contributed by atoms with van der Waals surface area (Å²) in [7, 11) is 0. The van der Waals surface area contributed by atoms with Crippen LogP contribution in [-0.2, 0) is 20.9 Å². The Labute approximate surface area is 214 Å². The lowest BCUT2D eigenvalue weighted by atomic mass is 9.57. The van der Waals surface area contributed by atoms with Gasteiger partial charge in [-0.05, 0) is 54.9 Å². The van der Waals surface area contributed by atoms with E-state index in [1.54, 1.807) is 0 Å². The molecular weight excluding hydrogens is 446 g/mol. The summed E-state index contributed by atoms with van der Waals surface area (Å²) >= 11 is 0. The summed E-state index contributed by atoms with van der Waals surface area (Å²) < 4.78 is 12.1. The number of carbonyl (C=O) groups excluding carboxylic acids is 1. The minimum atomic E-state index is -0.584. The van der Waals surface area contributed by atoms with Gasteiger partial charge in [-0.1, -0.05) is 86.2 Å². The SMILES string of the molecule is CC[C@@H]1CC[C@@]2(COCc3ccccc3)C(=O)O[C@H](C)[C@H]2[C@H]1C=Cc1ccc(-c2ccccc2)cn1. The second kappa shape index (κ2) is 10.8. The zero-order valence-electron chi connectivity index (χ0n) is 21.2. The molecule has 0 radical (unpaired) electrons. The van der Waals surface area contributed by atoms with Gasteiger partial charge in [0.25, 0.3) is 0 Å². The van der Waals surface area contributed by atoms with Crippen molar-refractivity contribution in [3.63, 3.8) is 0 Å². The van der Waals surface area contributed by atoms with Crippen molar-refractivity contribution in [3.05, 3.63) is 96.3 Å². The third-order valence-electron chi connectivity index (χ3n) is 8.14. The Hall–Kier alpha value is -3.24. The molecule has 0 unspecified atom stereocenters. The number of nitrogens with zero attached hydrogens (tertiary/aromatic N) is 1. The Morgan fingerprint density at radius 2 is 1.78 bits per heavy atom. The number of aromatic nitrogens is 1. The number of hydrogen-bond donors (Lipinski definition) is 0. The Bertz CT molecular complexity index is 1180. The predicted octanol–water partition coefficient (Wildman–Crippen LogP) is 6.96. The standard InChI is InChI=1S/C32H35NO3/c1-3-25-18-19-32(22-35-21-24-10-6-4-7-11-24)30(23(2)36-31(32)34)29(25)17-16-28-15-14-27(20-33-28)26-12-8-5-9-13-26/h4-17,20,23,25,29-30H,3,18-19,21-22H2,1-2H3/t23-,25-,29+,30+,32+/m1/s1. The first-order valence-electron chi connectivity index (χ1n) is 13.1.